The van der Waals surface area contributed by atoms with Crippen LogP contribution in [0.15, 0.2) is 85.1 Å². The van der Waals surface area contributed by atoms with Crippen LogP contribution in [-0.2, 0) is 6.42 Å². The molecule has 1 aliphatic carbocycles. The van der Waals surface area contributed by atoms with Gasteiger partial charge in [-0.2, -0.15) is 0 Å². The summed E-state index contributed by atoms with van der Waals surface area (Å²) in [6, 6.07) is 15.5. The predicted octanol–water partition coefficient (Wildman–Crippen LogP) is 5.17. The van der Waals surface area contributed by atoms with E-state index in [1.54, 1.807) is 0 Å². The van der Waals surface area contributed by atoms with Gasteiger partial charge in [0.2, 0.25) is 0 Å². The van der Waals surface area contributed by atoms with E-state index in [-0.39, 0.29) is 6.10 Å². The first-order valence-electron chi connectivity index (χ1n) is 9.77. The first-order valence-corrected chi connectivity index (χ1v) is 9.77. The minimum Gasteiger partial charge on any atom is -0.485 e. The molecule has 0 spiro atoms. The maximum atomic E-state index is 6.60. The lowest BCUT2D eigenvalue weighted by molar-refractivity contribution is 0.251. The average Bonchev–Trinajstić information content (AvgIpc) is 3.12. The maximum Gasteiger partial charge on any atom is 0.130 e. The number of nitrogens with zero attached hydrogens (tertiary/aromatic N) is 1. The van der Waals surface area contributed by atoms with Crippen molar-refractivity contribution in [3.8, 4) is 5.75 Å². The predicted molar refractivity (Wildman–Crippen MR) is 109 cm³/mol. The molecule has 4 aliphatic rings. The normalized spacial score (nSPS) is 26.6. The van der Waals surface area contributed by atoms with Gasteiger partial charge in [0, 0.05) is 23.6 Å². The first kappa shape index (κ1) is 15.1. The van der Waals surface area contributed by atoms with Gasteiger partial charge in [-0.15, -0.1) is 0 Å². The first-order chi connectivity index (χ1) is 13.4. The molecule has 3 atom stereocenters. The molecule has 2 heteroatoms. The molecule has 2 nitrogen and oxygen atoms in total. The minimum atomic E-state index is 0.0881. The molecule has 0 fully saturated rings. The molecular weight excluding hydrogens is 330 g/mol. The second kappa shape index (κ2) is 5.75. The highest BCUT2D eigenvalue weighted by Crippen LogP contribution is 2.50. The molecule has 6 rings (SSSR count). The fraction of sp³-hybridized carbons (Fsp3) is 0.200. The van der Waals surface area contributed by atoms with Gasteiger partial charge in [-0.25, -0.2) is 0 Å². The summed E-state index contributed by atoms with van der Waals surface area (Å²) in [7, 11) is 0. The van der Waals surface area contributed by atoms with Gasteiger partial charge in [-0.1, -0.05) is 66.8 Å². The van der Waals surface area contributed by atoms with E-state index in [0.717, 1.165) is 18.7 Å². The number of ether oxygens (including phenoxy) is 1. The van der Waals surface area contributed by atoms with Crippen molar-refractivity contribution in [3.63, 3.8) is 0 Å². The molecule has 0 radical (unpaired) electrons. The number of benzene rings is 2. The summed E-state index contributed by atoms with van der Waals surface area (Å²) in [5.41, 5.74) is 6.64. The Morgan fingerprint density at radius 1 is 0.963 bits per heavy atom. The van der Waals surface area contributed by atoms with E-state index in [1.807, 2.05) is 0 Å². The Morgan fingerprint density at radius 3 is 2.81 bits per heavy atom. The fourth-order valence-electron chi connectivity index (χ4n) is 4.85. The van der Waals surface area contributed by atoms with Gasteiger partial charge in [0.05, 0.1) is 6.04 Å². The largest absolute Gasteiger partial charge is 0.485 e. The maximum absolute atomic E-state index is 6.60. The third-order valence-electron chi connectivity index (χ3n) is 6.19. The quantitative estimate of drug-likeness (QED) is 0.703. The summed E-state index contributed by atoms with van der Waals surface area (Å²) in [5.74, 6) is 1.43. The molecule has 0 N–H and O–H groups in total. The van der Waals surface area contributed by atoms with E-state index in [0.29, 0.717) is 12.0 Å². The SMILES string of the molecule is C1=CC2c3c(ccc4c3OC3C=C(c5ccccc5)C=CC43)CCN2C=C1. The highest BCUT2D eigenvalue weighted by Gasteiger charge is 2.39. The van der Waals surface area contributed by atoms with Crippen molar-refractivity contribution in [2.24, 2.45) is 0 Å². The standard InChI is InChI=1S/C25H21NO/c1-2-6-17(7-3-1)19-10-11-20-21-12-9-18-13-15-26-14-5-4-8-22(26)24(18)25(21)27-23(20)16-19/h1-12,14,16,20,22-23H,13,15H2. The fourth-order valence-corrected chi connectivity index (χ4v) is 4.85. The molecule has 0 bridgehead atoms. The molecule has 132 valence electrons. The van der Waals surface area contributed by atoms with Crippen LogP contribution in [0.25, 0.3) is 5.57 Å². The second-order valence-electron chi connectivity index (χ2n) is 7.67. The second-order valence-corrected chi connectivity index (χ2v) is 7.67. The number of hydrogen-bond acceptors (Lipinski definition) is 2. The molecule has 27 heavy (non-hydrogen) atoms. The highest BCUT2D eigenvalue weighted by molar-refractivity contribution is 5.77. The van der Waals surface area contributed by atoms with Crippen LogP contribution in [0.5, 0.6) is 5.75 Å². The van der Waals surface area contributed by atoms with Crippen molar-refractivity contribution in [1.29, 1.82) is 0 Å². The van der Waals surface area contributed by atoms with Crippen LogP contribution < -0.4 is 4.74 Å². The Morgan fingerprint density at radius 2 is 1.89 bits per heavy atom. The topological polar surface area (TPSA) is 12.5 Å². The molecule has 0 aromatic heterocycles. The van der Waals surface area contributed by atoms with Crippen LogP contribution in [0.3, 0.4) is 0 Å². The molecule has 3 unspecified atom stereocenters. The van der Waals surface area contributed by atoms with Crippen LogP contribution in [0.2, 0.25) is 0 Å². The van der Waals surface area contributed by atoms with Gasteiger partial charge in [0.1, 0.15) is 11.9 Å². The Bertz CT molecular complexity index is 1030. The van der Waals surface area contributed by atoms with Crippen LogP contribution in [0, 0.1) is 0 Å². The molecular formula is C25H21NO. The van der Waals surface area contributed by atoms with Crippen LogP contribution in [-0.4, -0.2) is 17.5 Å². The third kappa shape index (κ3) is 2.26. The number of fused-ring (bicyclic) bond motifs is 7. The van der Waals surface area contributed by atoms with E-state index in [9.17, 15) is 0 Å². The van der Waals surface area contributed by atoms with Crippen molar-refractivity contribution in [3.05, 3.63) is 107 Å². The smallest absolute Gasteiger partial charge is 0.130 e. The Labute approximate surface area is 159 Å². The average molecular weight is 351 g/mol. The molecule has 0 saturated heterocycles. The summed E-state index contributed by atoms with van der Waals surface area (Å²) in [5, 5.41) is 0. The van der Waals surface area contributed by atoms with Crippen LogP contribution in [0.1, 0.15) is 34.2 Å². The van der Waals surface area contributed by atoms with E-state index in [1.165, 1.54) is 27.8 Å². The zero-order valence-electron chi connectivity index (χ0n) is 15.1. The third-order valence-corrected chi connectivity index (χ3v) is 6.19. The number of hydrogen-bond donors (Lipinski definition) is 0. The lowest BCUT2D eigenvalue weighted by Crippen LogP contribution is -2.31. The Balaban J connectivity index is 1.42. The van der Waals surface area contributed by atoms with Crippen LogP contribution >= 0.6 is 0 Å². The molecule has 3 heterocycles. The summed E-state index contributed by atoms with van der Waals surface area (Å²) in [4.78, 5) is 2.43. The van der Waals surface area contributed by atoms with E-state index in [2.05, 4.69) is 90.0 Å². The molecule has 3 aliphatic heterocycles. The summed E-state index contributed by atoms with van der Waals surface area (Å²) in [6.45, 7) is 1.07. The van der Waals surface area contributed by atoms with Crippen LogP contribution in [0.4, 0.5) is 0 Å². The lowest BCUT2D eigenvalue weighted by atomic mass is 9.84. The van der Waals surface area contributed by atoms with Crippen molar-refractivity contribution in [1.82, 2.24) is 4.90 Å². The lowest BCUT2D eigenvalue weighted by Gasteiger charge is -2.37. The van der Waals surface area contributed by atoms with E-state index < -0.39 is 0 Å². The van der Waals surface area contributed by atoms with E-state index >= 15 is 0 Å². The van der Waals surface area contributed by atoms with Gasteiger partial charge >= 0.3 is 0 Å². The van der Waals surface area contributed by atoms with Gasteiger partial charge < -0.3 is 9.64 Å². The Hall–Kier alpha value is -3.00. The van der Waals surface area contributed by atoms with E-state index in [4.69, 9.17) is 4.74 Å². The van der Waals surface area contributed by atoms with Crippen molar-refractivity contribution < 1.29 is 4.74 Å². The molecule has 0 saturated carbocycles. The molecule has 2 aromatic rings. The van der Waals surface area contributed by atoms with Gasteiger partial charge in [-0.3, -0.25) is 0 Å². The molecule has 0 amide bonds. The summed E-state index contributed by atoms with van der Waals surface area (Å²) < 4.78 is 6.60. The monoisotopic (exact) mass is 351 g/mol. The van der Waals surface area contributed by atoms with Crippen molar-refractivity contribution in [2.45, 2.75) is 24.5 Å². The summed E-state index contributed by atoms with van der Waals surface area (Å²) in [6.07, 6.45) is 16.8. The van der Waals surface area contributed by atoms with Gasteiger partial charge in [0.15, 0.2) is 0 Å². The zero-order valence-corrected chi connectivity index (χ0v) is 15.1. The minimum absolute atomic E-state index is 0.0881. The highest BCUT2D eigenvalue weighted by atomic mass is 16.5. The molecule has 2 aromatic carbocycles. The van der Waals surface area contributed by atoms with Gasteiger partial charge in [-0.05, 0) is 41.5 Å². The number of allylic oxidation sites excluding steroid dienone is 4. The Kier molecular flexibility index (Phi) is 3.21. The van der Waals surface area contributed by atoms with Crippen molar-refractivity contribution >= 4 is 5.57 Å². The zero-order chi connectivity index (χ0) is 17.8. The van der Waals surface area contributed by atoms with Gasteiger partial charge in [0.25, 0.3) is 0 Å². The number of rotatable bonds is 1. The summed E-state index contributed by atoms with van der Waals surface area (Å²) >= 11 is 0. The van der Waals surface area contributed by atoms with Crippen molar-refractivity contribution in [2.75, 3.05) is 6.54 Å².